The Morgan fingerprint density at radius 3 is 2.72 bits per heavy atom. The molecule has 9 heteroatoms. The van der Waals surface area contributed by atoms with Gasteiger partial charge in [0.15, 0.2) is 16.6 Å². The molecule has 1 aliphatic rings. The number of ether oxygens (including phenoxy) is 2. The number of benzene rings is 2. The molecule has 1 heterocycles. The van der Waals surface area contributed by atoms with Crippen molar-refractivity contribution in [2.75, 3.05) is 18.6 Å². The first-order chi connectivity index (χ1) is 13.8. The summed E-state index contributed by atoms with van der Waals surface area (Å²) in [6.45, 7) is 2.32. The number of phenolic OH excluding ortho intramolecular Hbond substituents is 1. The molecule has 1 aliphatic heterocycles. The van der Waals surface area contributed by atoms with Gasteiger partial charge in [0.05, 0.1) is 19.4 Å². The molecule has 0 saturated carbocycles. The van der Waals surface area contributed by atoms with Crippen LogP contribution in [0, 0.1) is 0 Å². The first kappa shape index (κ1) is 20.8. The molecule has 1 fully saturated rings. The standard InChI is InChI=1S/C20H17BrN2O5S/c1-3-28-14-6-4-5-13(10-14)23-19(26)15(18(25)22-20(23)29)8-11-7-12(21)9-16(27-2)17(11)24/h4-10,24H,3H2,1-2H3,(H,22,25,29)/b15-8+. The van der Waals surface area contributed by atoms with Gasteiger partial charge < -0.3 is 14.6 Å². The van der Waals surface area contributed by atoms with Crippen molar-refractivity contribution < 1.29 is 24.2 Å². The Morgan fingerprint density at radius 1 is 1.28 bits per heavy atom. The predicted molar refractivity (Wildman–Crippen MR) is 116 cm³/mol. The van der Waals surface area contributed by atoms with Gasteiger partial charge in [-0.15, -0.1) is 0 Å². The van der Waals surface area contributed by atoms with E-state index < -0.39 is 11.8 Å². The molecule has 7 nitrogen and oxygen atoms in total. The van der Waals surface area contributed by atoms with E-state index in [1.807, 2.05) is 6.92 Å². The number of rotatable bonds is 5. The number of nitrogens with zero attached hydrogens (tertiary/aromatic N) is 1. The van der Waals surface area contributed by atoms with Crippen LogP contribution in [0.25, 0.3) is 6.08 Å². The number of methoxy groups -OCH3 is 1. The maximum absolute atomic E-state index is 13.1. The number of thiocarbonyl (C=S) groups is 1. The van der Waals surface area contributed by atoms with E-state index in [2.05, 4.69) is 21.2 Å². The molecule has 0 bridgehead atoms. The minimum Gasteiger partial charge on any atom is -0.504 e. The molecule has 1 saturated heterocycles. The second kappa shape index (κ2) is 8.62. The molecule has 0 unspecified atom stereocenters. The maximum atomic E-state index is 13.1. The van der Waals surface area contributed by atoms with E-state index in [0.717, 1.165) is 0 Å². The Morgan fingerprint density at radius 2 is 2.03 bits per heavy atom. The van der Waals surface area contributed by atoms with Crippen LogP contribution in [0.2, 0.25) is 0 Å². The van der Waals surface area contributed by atoms with Crippen LogP contribution in [-0.2, 0) is 9.59 Å². The average molecular weight is 477 g/mol. The van der Waals surface area contributed by atoms with Crippen molar-refractivity contribution in [1.82, 2.24) is 5.32 Å². The highest BCUT2D eigenvalue weighted by Crippen LogP contribution is 2.35. The second-order valence-electron chi connectivity index (χ2n) is 5.93. The third kappa shape index (κ3) is 4.25. The highest BCUT2D eigenvalue weighted by atomic mass is 79.9. The smallest absolute Gasteiger partial charge is 0.270 e. The van der Waals surface area contributed by atoms with Crippen LogP contribution in [0.3, 0.4) is 0 Å². The summed E-state index contributed by atoms with van der Waals surface area (Å²) in [6.07, 6.45) is 1.29. The van der Waals surface area contributed by atoms with Crippen LogP contribution in [0.5, 0.6) is 17.2 Å². The number of phenols is 1. The Kier molecular flexibility index (Phi) is 6.19. The Labute approximate surface area is 181 Å². The molecule has 3 rings (SSSR count). The zero-order valence-corrected chi connectivity index (χ0v) is 18.0. The lowest BCUT2D eigenvalue weighted by atomic mass is 10.1. The van der Waals surface area contributed by atoms with E-state index in [4.69, 9.17) is 21.7 Å². The van der Waals surface area contributed by atoms with E-state index in [0.29, 0.717) is 22.5 Å². The number of nitrogens with one attached hydrogen (secondary N) is 1. The molecule has 29 heavy (non-hydrogen) atoms. The minimum absolute atomic E-state index is 0.0400. The Bertz CT molecular complexity index is 1040. The normalized spacial score (nSPS) is 15.5. The van der Waals surface area contributed by atoms with Crippen molar-refractivity contribution in [2.45, 2.75) is 6.92 Å². The molecular formula is C20H17BrN2O5S. The molecule has 0 atom stereocenters. The molecule has 2 amide bonds. The van der Waals surface area contributed by atoms with Crippen LogP contribution in [0.4, 0.5) is 5.69 Å². The van der Waals surface area contributed by atoms with Crippen molar-refractivity contribution >= 4 is 56.8 Å². The van der Waals surface area contributed by atoms with Gasteiger partial charge in [-0.3, -0.25) is 19.8 Å². The number of amides is 2. The van der Waals surface area contributed by atoms with Gasteiger partial charge in [-0.1, -0.05) is 22.0 Å². The van der Waals surface area contributed by atoms with Crippen LogP contribution in [-0.4, -0.2) is 35.8 Å². The third-order valence-electron chi connectivity index (χ3n) is 4.08. The summed E-state index contributed by atoms with van der Waals surface area (Å²) in [5, 5.41) is 12.8. The zero-order chi connectivity index (χ0) is 21.1. The first-order valence-corrected chi connectivity index (χ1v) is 9.76. The SMILES string of the molecule is CCOc1cccc(N2C(=O)/C(=C/c3cc(Br)cc(OC)c3O)C(=O)NC2=S)c1. The summed E-state index contributed by atoms with van der Waals surface area (Å²) in [5.41, 5.74) is 0.509. The van der Waals surface area contributed by atoms with Gasteiger partial charge in [0.2, 0.25) is 0 Å². The Hall–Kier alpha value is -2.91. The van der Waals surface area contributed by atoms with E-state index in [9.17, 15) is 14.7 Å². The third-order valence-corrected chi connectivity index (χ3v) is 4.82. The monoisotopic (exact) mass is 476 g/mol. The fraction of sp³-hybridized carbons (Fsp3) is 0.150. The van der Waals surface area contributed by atoms with Crippen molar-refractivity contribution in [2.24, 2.45) is 0 Å². The van der Waals surface area contributed by atoms with Gasteiger partial charge in [0.25, 0.3) is 11.8 Å². The van der Waals surface area contributed by atoms with Crippen molar-refractivity contribution in [3.63, 3.8) is 0 Å². The van der Waals surface area contributed by atoms with Gasteiger partial charge in [-0.25, -0.2) is 0 Å². The number of carbonyl (C=O) groups is 2. The second-order valence-corrected chi connectivity index (χ2v) is 7.24. The van der Waals surface area contributed by atoms with Gasteiger partial charge in [0.1, 0.15) is 11.3 Å². The lowest BCUT2D eigenvalue weighted by Crippen LogP contribution is -2.54. The molecule has 0 aromatic heterocycles. The highest BCUT2D eigenvalue weighted by molar-refractivity contribution is 9.10. The molecule has 0 radical (unpaired) electrons. The number of hydrogen-bond donors (Lipinski definition) is 2. The van der Waals surface area contributed by atoms with E-state index in [1.54, 1.807) is 36.4 Å². The van der Waals surface area contributed by atoms with E-state index >= 15 is 0 Å². The summed E-state index contributed by atoms with van der Waals surface area (Å²) < 4.78 is 11.2. The van der Waals surface area contributed by atoms with E-state index in [-0.39, 0.29) is 27.7 Å². The summed E-state index contributed by atoms with van der Waals surface area (Å²) in [6, 6.07) is 9.95. The maximum Gasteiger partial charge on any atom is 0.270 e. The molecule has 2 aromatic carbocycles. The number of hydrogen-bond acceptors (Lipinski definition) is 6. The zero-order valence-electron chi connectivity index (χ0n) is 15.6. The van der Waals surface area contributed by atoms with Crippen LogP contribution >= 0.6 is 28.1 Å². The van der Waals surface area contributed by atoms with Gasteiger partial charge in [-0.2, -0.15) is 0 Å². The number of anilines is 1. The fourth-order valence-electron chi connectivity index (χ4n) is 2.79. The van der Waals surface area contributed by atoms with Crippen molar-refractivity contribution in [3.8, 4) is 17.2 Å². The molecule has 0 spiro atoms. The number of carbonyl (C=O) groups excluding carboxylic acids is 2. The first-order valence-electron chi connectivity index (χ1n) is 8.56. The van der Waals surface area contributed by atoms with Crippen molar-refractivity contribution in [1.29, 1.82) is 0 Å². The highest BCUT2D eigenvalue weighted by Gasteiger charge is 2.35. The lowest BCUT2D eigenvalue weighted by Gasteiger charge is -2.29. The summed E-state index contributed by atoms with van der Waals surface area (Å²) >= 11 is 8.52. The lowest BCUT2D eigenvalue weighted by molar-refractivity contribution is -0.122. The number of aromatic hydroxyl groups is 1. The topological polar surface area (TPSA) is 88.1 Å². The molecular weight excluding hydrogens is 460 g/mol. The van der Waals surface area contributed by atoms with Crippen molar-refractivity contribution in [3.05, 3.63) is 52.0 Å². The summed E-state index contributed by atoms with van der Waals surface area (Å²) in [7, 11) is 1.41. The fourth-order valence-corrected chi connectivity index (χ4v) is 3.52. The largest absolute Gasteiger partial charge is 0.504 e. The summed E-state index contributed by atoms with van der Waals surface area (Å²) in [4.78, 5) is 26.8. The average Bonchev–Trinajstić information content (AvgIpc) is 2.67. The van der Waals surface area contributed by atoms with Gasteiger partial charge in [0, 0.05) is 16.1 Å². The Balaban J connectivity index is 2.05. The van der Waals surface area contributed by atoms with E-state index in [1.165, 1.54) is 18.1 Å². The van der Waals surface area contributed by atoms with Gasteiger partial charge in [-0.05, 0) is 49.5 Å². The van der Waals surface area contributed by atoms with Crippen LogP contribution in [0.15, 0.2) is 46.4 Å². The molecule has 150 valence electrons. The molecule has 0 aliphatic carbocycles. The summed E-state index contributed by atoms with van der Waals surface area (Å²) in [5.74, 6) is -0.702. The van der Waals surface area contributed by atoms with Gasteiger partial charge >= 0.3 is 0 Å². The predicted octanol–water partition coefficient (Wildman–Crippen LogP) is 3.39. The van der Waals surface area contributed by atoms with Crippen LogP contribution in [0.1, 0.15) is 12.5 Å². The molecule has 2 aromatic rings. The van der Waals surface area contributed by atoms with Crippen LogP contribution < -0.4 is 19.7 Å². The molecule has 2 N–H and O–H groups in total. The number of halogens is 1. The quantitative estimate of drug-likeness (QED) is 0.390. The minimum atomic E-state index is -0.657.